The number of ether oxygens (including phenoxy) is 1. The summed E-state index contributed by atoms with van der Waals surface area (Å²) in [5.74, 6) is 2.31. The summed E-state index contributed by atoms with van der Waals surface area (Å²) < 4.78 is 7.87. The fourth-order valence-electron chi connectivity index (χ4n) is 3.84. The van der Waals surface area contributed by atoms with E-state index in [0.29, 0.717) is 6.61 Å². The van der Waals surface area contributed by atoms with Gasteiger partial charge in [0.25, 0.3) is 0 Å². The molecule has 1 amide bonds. The molecule has 4 rings (SSSR count). The summed E-state index contributed by atoms with van der Waals surface area (Å²) in [5.41, 5.74) is 1.15. The molecule has 6 heteroatoms. The number of aromatic nitrogens is 2. The molecule has 1 aromatic heterocycles. The smallest absolute Gasteiger partial charge is 0.226 e. The summed E-state index contributed by atoms with van der Waals surface area (Å²) in [7, 11) is 2.02. The molecule has 0 radical (unpaired) electrons. The molecular formula is C20H26N4O2. The molecule has 1 aromatic carbocycles. The van der Waals surface area contributed by atoms with Gasteiger partial charge in [0.15, 0.2) is 0 Å². The normalized spacial score (nSPS) is 21.0. The molecule has 26 heavy (non-hydrogen) atoms. The average molecular weight is 354 g/mol. The van der Waals surface area contributed by atoms with Crippen LogP contribution in [0.1, 0.15) is 17.8 Å². The number of carbonyl (C=O) groups excluding carboxylic acids is 1. The number of imidazole rings is 1. The van der Waals surface area contributed by atoms with Gasteiger partial charge in [0.2, 0.25) is 5.91 Å². The van der Waals surface area contributed by atoms with E-state index in [1.54, 1.807) is 0 Å². The van der Waals surface area contributed by atoms with Crippen LogP contribution in [0.4, 0.5) is 0 Å². The maximum absolute atomic E-state index is 13.0. The molecule has 3 heterocycles. The summed E-state index contributed by atoms with van der Waals surface area (Å²) in [5, 5.41) is 0. The molecule has 0 bridgehead atoms. The number of nitrogens with zero attached hydrogens (tertiary/aromatic N) is 4. The van der Waals surface area contributed by atoms with E-state index >= 15 is 0 Å². The number of carbonyl (C=O) groups is 1. The van der Waals surface area contributed by atoms with Gasteiger partial charge in [-0.2, -0.15) is 0 Å². The van der Waals surface area contributed by atoms with Crippen LogP contribution in [0.5, 0.6) is 5.75 Å². The second kappa shape index (κ2) is 7.50. The molecule has 138 valence electrons. The molecule has 0 spiro atoms. The van der Waals surface area contributed by atoms with E-state index in [4.69, 9.17) is 4.74 Å². The van der Waals surface area contributed by atoms with Crippen LogP contribution in [0.2, 0.25) is 0 Å². The molecule has 1 saturated heterocycles. The lowest BCUT2D eigenvalue weighted by Gasteiger charge is -2.36. The lowest BCUT2D eigenvalue weighted by atomic mass is 9.95. The van der Waals surface area contributed by atoms with Crippen molar-refractivity contribution in [2.45, 2.75) is 19.4 Å². The molecule has 0 N–H and O–H groups in total. The van der Waals surface area contributed by atoms with Crippen LogP contribution >= 0.6 is 0 Å². The number of hydrogen-bond donors (Lipinski definition) is 0. The number of amides is 1. The molecule has 0 unspecified atom stereocenters. The first-order chi connectivity index (χ1) is 12.7. The van der Waals surface area contributed by atoms with Gasteiger partial charge in [0, 0.05) is 51.5 Å². The SMILES string of the molecule is Cn1ccnc1CN1CCN(C(=O)[C@@H]2CCOc3ccccc3C2)CC1. The highest BCUT2D eigenvalue weighted by molar-refractivity contribution is 5.79. The summed E-state index contributed by atoms with van der Waals surface area (Å²) in [6.45, 7) is 4.85. The van der Waals surface area contributed by atoms with E-state index in [-0.39, 0.29) is 11.8 Å². The van der Waals surface area contributed by atoms with E-state index in [1.807, 2.05) is 42.5 Å². The molecule has 1 atom stereocenters. The zero-order chi connectivity index (χ0) is 17.9. The zero-order valence-corrected chi connectivity index (χ0v) is 15.3. The topological polar surface area (TPSA) is 50.6 Å². The van der Waals surface area contributed by atoms with Gasteiger partial charge in [-0.1, -0.05) is 18.2 Å². The van der Waals surface area contributed by atoms with Crippen LogP contribution in [0.15, 0.2) is 36.7 Å². The quantitative estimate of drug-likeness (QED) is 0.842. The summed E-state index contributed by atoms with van der Waals surface area (Å²) in [6, 6.07) is 8.08. The van der Waals surface area contributed by atoms with Gasteiger partial charge in [-0.3, -0.25) is 9.69 Å². The van der Waals surface area contributed by atoms with E-state index in [0.717, 1.165) is 62.7 Å². The number of benzene rings is 1. The second-order valence-electron chi connectivity index (χ2n) is 7.20. The van der Waals surface area contributed by atoms with E-state index in [1.165, 1.54) is 0 Å². The largest absolute Gasteiger partial charge is 0.493 e. The van der Waals surface area contributed by atoms with Crippen molar-refractivity contribution in [2.75, 3.05) is 32.8 Å². The zero-order valence-electron chi connectivity index (χ0n) is 15.3. The Morgan fingerprint density at radius 3 is 2.81 bits per heavy atom. The Hall–Kier alpha value is -2.34. The van der Waals surface area contributed by atoms with E-state index < -0.39 is 0 Å². The van der Waals surface area contributed by atoms with Gasteiger partial charge in [0.1, 0.15) is 11.6 Å². The number of hydrogen-bond acceptors (Lipinski definition) is 4. The number of para-hydroxylation sites is 1. The van der Waals surface area contributed by atoms with Gasteiger partial charge < -0.3 is 14.2 Å². The molecule has 0 aliphatic carbocycles. The van der Waals surface area contributed by atoms with Crippen LogP contribution in [0.3, 0.4) is 0 Å². The summed E-state index contributed by atoms with van der Waals surface area (Å²) in [4.78, 5) is 21.8. The third-order valence-electron chi connectivity index (χ3n) is 5.48. The lowest BCUT2D eigenvalue weighted by molar-refractivity contribution is -0.137. The number of fused-ring (bicyclic) bond motifs is 1. The Labute approximate surface area is 154 Å². The Morgan fingerprint density at radius 1 is 1.23 bits per heavy atom. The number of aryl methyl sites for hydroxylation is 1. The highest BCUT2D eigenvalue weighted by Crippen LogP contribution is 2.27. The third-order valence-corrected chi connectivity index (χ3v) is 5.48. The fourth-order valence-corrected chi connectivity index (χ4v) is 3.84. The van der Waals surface area contributed by atoms with Gasteiger partial charge in [-0.15, -0.1) is 0 Å². The number of piperazine rings is 1. The third kappa shape index (κ3) is 3.60. The summed E-state index contributed by atoms with van der Waals surface area (Å²) >= 11 is 0. The highest BCUT2D eigenvalue weighted by Gasteiger charge is 2.29. The van der Waals surface area contributed by atoms with Crippen molar-refractivity contribution in [3.8, 4) is 5.75 Å². The molecule has 1 fully saturated rings. The first kappa shape index (κ1) is 17.1. The second-order valence-corrected chi connectivity index (χ2v) is 7.20. The van der Waals surface area contributed by atoms with Crippen molar-refractivity contribution in [1.29, 1.82) is 0 Å². The van der Waals surface area contributed by atoms with Crippen molar-refractivity contribution in [1.82, 2.24) is 19.4 Å². The van der Waals surface area contributed by atoms with Crippen molar-refractivity contribution < 1.29 is 9.53 Å². The van der Waals surface area contributed by atoms with Crippen molar-refractivity contribution in [3.63, 3.8) is 0 Å². The Balaban J connectivity index is 1.34. The number of rotatable bonds is 3. The van der Waals surface area contributed by atoms with Crippen LogP contribution in [-0.2, 0) is 24.8 Å². The maximum atomic E-state index is 13.0. The molecular weight excluding hydrogens is 328 g/mol. The molecule has 2 aromatic rings. The minimum Gasteiger partial charge on any atom is -0.493 e. The Morgan fingerprint density at radius 2 is 2.04 bits per heavy atom. The van der Waals surface area contributed by atoms with Crippen molar-refractivity contribution in [3.05, 3.63) is 48.0 Å². The average Bonchev–Trinajstić information content (AvgIpc) is 2.94. The van der Waals surface area contributed by atoms with Crippen molar-refractivity contribution >= 4 is 5.91 Å². The monoisotopic (exact) mass is 354 g/mol. The molecule has 0 saturated carbocycles. The van der Waals surface area contributed by atoms with Crippen molar-refractivity contribution in [2.24, 2.45) is 13.0 Å². The minimum absolute atomic E-state index is 0.0275. The Bertz CT molecular complexity index is 765. The minimum atomic E-state index is 0.0275. The van der Waals surface area contributed by atoms with E-state index in [2.05, 4.69) is 20.5 Å². The van der Waals surface area contributed by atoms with Crippen LogP contribution < -0.4 is 4.74 Å². The van der Waals surface area contributed by atoms with E-state index in [9.17, 15) is 4.79 Å². The van der Waals surface area contributed by atoms with Gasteiger partial charge in [-0.05, 0) is 24.5 Å². The maximum Gasteiger partial charge on any atom is 0.226 e. The van der Waals surface area contributed by atoms with Gasteiger partial charge >= 0.3 is 0 Å². The van der Waals surface area contributed by atoms with Crippen LogP contribution in [0.25, 0.3) is 0 Å². The Kier molecular flexibility index (Phi) is 4.93. The summed E-state index contributed by atoms with van der Waals surface area (Å²) in [6.07, 6.45) is 5.38. The molecule has 2 aliphatic heterocycles. The lowest BCUT2D eigenvalue weighted by Crippen LogP contribution is -2.50. The van der Waals surface area contributed by atoms with Gasteiger partial charge in [0.05, 0.1) is 13.2 Å². The first-order valence-electron chi connectivity index (χ1n) is 9.39. The molecule has 2 aliphatic rings. The standard InChI is InChI=1S/C20H26N4O2/c1-22-8-7-21-19(22)15-23-9-11-24(12-10-23)20(25)17-6-13-26-18-5-3-2-4-16(18)14-17/h2-5,7-8,17H,6,9-15H2,1H3/t17-/m1/s1. The van der Waals surface area contributed by atoms with Crippen LogP contribution in [-0.4, -0.2) is 58.0 Å². The fraction of sp³-hybridized carbons (Fsp3) is 0.500. The predicted octanol–water partition coefficient (Wildman–Crippen LogP) is 1.71. The first-order valence-corrected chi connectivity index (χ1v) is 9.39. The van der Waals surface area contributed by atoms with Gasteiger partial charge in [-0.25, -0.2) is 4.98 Å². The van der Waals surface area contributed by atoms with Crippen LogP contribution in [0, 0.1) is 5.92 Å². The predicted molar refractivity (Wildman–Crippen MR) is 98.8 cm³/mol. The highest BCUT2D eigenvalue weighted by atomic mass is 16.5. The molecule has 6 nitrogen and oxygen atoms in total.